The number of aromatic nitrogens is 1. The van der Waals surface area contributed by atoms with Gasteiger partial charge in [0, 0.05) is 31.4 Å². The molecule has 2 aromatic rings. The summed E-state index contributed by atoms with van der Waals surface area (Å²) in [4.78, 5) is 11.8. The lowest BCUT2D eigenvalue weighted by Crippen LogP contribution is -2.49. The van der Waals surface area contributed by atoms with Crippen LogP contribution >= 0.6 is 24.0 Å². The van der Waals surface area contributed by atoms with Crippen LogP contribution in [-0.4, -0.2) is 56.4 Å². The number of nitrogens with zero attached hydrogens (tertiary/aromatic N) is 3. The third kappa shape index (κ3) is 7.72. The van der Waals surface area contributed by atoms with E-state index in [-0.39, 0.29) is 30.1 Å². The predicted octanol–water partition coefficient (Wildman–Crippen LogP) is 4.01. The summed E-state index contributed by atoms with van der Waals surface area (Å²) in [5, 5.41) is 6.95. The van der Waals surface area contributed by atoms with Crippen LogP contribution < -0.4 is 25.0 Å². The lowest BCUT2D eigenvalue weighted by Gasteiger charge is -2.34. The summed E-state index contributed by atoms with van der Waals surface area (Å²) in [6, 6.07) is 14.3. The zero-order chi connectivity index (χ0) is 22.1. The van der Waals surface area contributed by atoms with Gasteiger partial charge in [0.1, 0.15) is 11.9 Å². The molecule has 0 saturated carbocycles. The third-order valence-corrected chi connectivity index (χ3v) is 5.28. The summed E-state index contributed by atoms with van der Waals surface area (Å²) in [7, 11) is 1.65. The van der Waals surface area contributed by atoms with Crippen LogP contribution in [0.3, 0.4) is 0 Å². The van der Waals surface area contributed by atoms with Gasteiger partial charge < -0.3 is 25.0 Å². The van der Waals surface area contributed by atoms with Crippen molar-refractivity contribution < 1.29 is 9.47 Å². The van der Waals surface area contributed by atoms with E-state index in [0.29, 0.717) is 12.6 Å². The topological polar surface area (TPSA) is 71.0 Å². The molecule has 0 radical (unpaired) electrons. The first-order valence-corrected chi connectivity index (χ1v) is 11.1. The normalized spacial score (nSPS) is 15.5. The molecule has 1 fully saturated rings. The maximum Gasteiger partial charge on any atom is 0.191 e. The highest BCUT2D eigenvalue weighted by molar-refractivity contribution is 14.0. The van der Waals surface area contributed by atoms with Crippen molar-refractivity contribution in [1.29, 1.82) is 0 Å². The summed E-state index contributed by atoms with van der Waals surface area (Å²) >= 11 is 0. The summed E-state index contributed by atoms with van der Waals surface area (Å²) in [6.07, 6.45) is 2.03. The van der Waals surface area contributed by atoms with E-state index in [1.54, 1.807) is 7.11 Å². The fourth-order valence-corrected chi connectivity index (χ4v) is 3.66. The molecule has 0 spiro atoms. The maximum absolute atomic E-state index is 6.03. The number of rotatable bonds is 8. The van der Waals surface area contributed by atoms with Crippen LogP contribution in [-0.2, 0) is 0 Å². The Labute approximate surface area is 209 Å². The molecule has 0 bridgehead atoms. The van der Waals surface area contributed by atoms with Crippen molar-refractivity contribution in [2.24, 2.45) is 4.99 Å². The van der Waals surface area contributed by atoms with E-state index in [1.807, 2.05) is 44.2 Å². The lowest BCUT2D eigenvalue weighted by molar-refractivity contribution is 0.219. The van der Waals surface area contributed by atoms with E-state index in [1.165, 1.54) is 0 Å². The van der Waals surface area contributed by atoms with Gasteiger partial charge >= 0.3 is 0 Å². The number of hydrogen-bond donors (Lipinski definition) is 2. The highest BCUT2D eigenvalue weighted by Crippen LogP contribution is 2.26. The van der Waals surface area contributed by atoms with Gasteiger partial charge in [-0.1, -0.05) is 18.2 Å². The molecular formula is C24H36IN5O2. The molecular weight excluding hydrogens is 517 g/mol. The van der Waals surface area contributed by atoms with Crippen molar-refractivity contribution >= 4 is 35.8 Å². The average Bonchev–Trinajstić information content (AvgIpc) is 2.78. The number of nitrogens with one attached hydrogen (secondary N) is 2. The average molecular weight is 553 g/mol. The standard InChI is InChI=1S/C24H35N5O2.HI/c1-5-25-24(26-17-19(3)31-22-11-7-6-10-21(22)30-4)28-20-13-15-29(16-14-20)23-12-8-9-18(2)27-23;/h6-12,19-20H,5,13-17H2,1-4H3,(H2,25,26,28);1H. The molecule has 7 nitrogen and oxygen atoms in total. The molecule has 0 amide bonds. The number of benzene rings is 1. The van der Waals surface area contributed by atoms with Gasteiger partial charge in [0.05, 0.1) is 13.7 Å². The van der Waals surface area contributed by atoms with E-state index in [9.17, 15) is 0 Å². The van der Waals surface area contributed by atoms with E-state index in [2.05, 4.69) is 39.6 Å². The van der Waals surface area contributed by atoms with Crippen LogP contribution in [0.4, 0.5) is 5.82 Å². The fourth-order valence-electron chi connectivity index (χ4n) is 3.66. The number of hydrogen-bond acceptors (Lipinski definition) is 5. The van der Waals surface area contributed by atoms with Gasteiger partial charge in [0.15, 0.2) is 17.5 Å². The molecule has 1 saturated heterocycles. The maximum atomic E-state index is 6.03. The first-order valence-electron chi connectivity index (χ1n) is 11.1. The Morgan fingerprint density at radius 2 is 1.88 bits per heavy atom. The van der Waals surface area contributed by atoms with Crippen molar-refractivity contribution in [3.8, 4) is 11.5 Å². The summed E-state index contributed by atoms with van der Waals surface area (Å²) in [5.74, 6) is 3.38. The predicted molar refractivity (Wildman–Crippen MR) is 142 cm³/mol. The molecule has 0 aliphatic carbocycles. The van der Waals surface area contributed by atoms with Crippen LogP contribution in [0.5, 0.6) is 11.5 Å². The Balaban J connectivity index is 0.00000363. The van der Waals surface area contributed by atoms with Crippen LogP contribution in [0.1, 0.15) is 32.4 Å². The van der Waals surface area contributed by atoms with E-state index in [0.717, 1.165) is 61.4 Å². The SMILES string of the molecule is CCNC(=NCC(C)Oc1ccccc1OC)NC1CCN(c2cccc(C)n2)CC1.I. The molecule has 1 unspecified atom stereocenters. The second kappa shape index (κ2) is 13.3. The minimum absolute atomic E-state index is 0. The Morgan fingerprint density at radius 3 is 2.53 bits per heavy atom. The van der Waals surface area contributed by atoms with Gasteiger partial charge in [-0.2, -0.15) is 0 Å². The van der Waals surface area contributed by atoms with Gasteiger partial charge in [-0.3, -0.25) is 0 Å². The number of aryl methyl sites for hydroxylation is 1. The molecule has 1 atom stereocenters. The van der Waals surface area contributed by atoms with Crippen LogP contribution in [0, 0.1) is 6.92 Å². The van der Waals surface area contributed by atoms with Crippen LogP contribution in [0.2, 0.25) is 0 Å². The zero-order valence-corrected chi connectivity index (χ0v) is 21.8. The van der Waals surface area contributed by atoms with Crippen molar-refractivity contribution in [3.05, 3.63) is 48.2 Å². The highest BCUT2D eigenvalue weighted by Gasteiger charge is 2.21. The van der Waals surface area contributed by atoms with Crippen molar-refractivity contribution in [2.75, 3.05) is 38.2 Å². The van der Waals surface area contributed by atoms with Crippen molar-refractivity contribution in [2.45, 2.75) is 45.8 Å². The van der Waals surface area contributed by atoms with Gasteiger partial charge in [0.25, 0.3) is 0 Å². The highest BCUT2D eigenvalue weighted by atomic mass is 127. The number of guanidine groups is 1. The minimum Gasteiger partial charge on any atom is -0.493 e. The minimum atomic E-state index is -0.0685. The van der Waals surface area contributed by atoms with E-state index in [4.69, 9.17) is 14.5 Å². The number of methoxy groups -OCH3 is 1. The molecule has 2 N–H and O–H groups in total. The van der Waals surface area contributed by atoms with Crippen molar-refractivity contribution in [1.82, 2.24) is 15.6 Å². The summed E-state index contributed by atoms with van der Waals surface area (Å²) in [5.41, 5.74) is 1.06. The third-order valence-electron chi connectivity index (χ3n) is 5.28. The van der Waals surface area contributed by atoms with Crippen molar-refractivity contribution in [3.63, 3.8) is 0 Å². The number of piperidine rings is 1. The second-order valence-corrected chi connectivity index (χ2v) is 7.84. The van der Waals surface area contributed by atoms with Gasteiger partial charge in [-0.25, -0.2) is 9.98 Å². The largest absolute Gasteiger partial charge is 0.493 e. The molecule has 1 aliphatic rings. The lowest BCUT2D eigenvalue weighted by atomic mass is 10.1. The fraction of sp³-hybridized carbons (Fsp3) is 0.500. The molecule has 8 heteroatoms. The summed E-state index contributed by atoms with van der Waals surface area (Å²) < 4.78 is 11.4. The number of aliphatic imine (C=N–C) groups is 1. The number of pyridine rings is 1. The molecule has 32 heavy (non-hydrogen) atoms. The van der Waals surface area contributed by atoms with Crippen LogP contribution in [0.15, 0.2) is 47.5 Å². The van der Waals surface area contributed by atoms with Crippen LogP contribution in [0.25, 0.3) is 0 Å². The van der Waals surface area contributed by atoms with Gasteiger partial charge in [0.2, 0.25) is 0 Å². The Hall–Kier alpha value is -2.23. The second-order valence-electron chi connectivity index (χ2n) is 7.84. The Kier molecular flexibility index (Phi) is 10.9. The zero-order valence-electron chi connectivity index (χ0n) is 19.5. The quantitative estimate of drug-likeness (QED) is 0.293. The molecule has 2 heterocycles. The van der Waals surface area contributed by atoms with E-state index >= 15 is 0 Å². The van der Waals surface area contributed by atoms with Gasteiger partial charge in [-0.15, -0.1) is 24.0 Å². The molecule has 1 aromatic heterocycles. The molecule has 3 rings (SSSR count). The Bertz CT molecular complexity index is 856. The molecule has 1 aromatic carbocycles. The molecule has 1 aliphatic heterocycles. The molecule has 176 valence electrons. The number of para-hydroxylation sites is 2. The first-order chi connectivity index (χ1) is 15.1. The smallest absolute Gasteiger partial charge is 0.191 e. The summed E-state index contributed by atoms with van der Waals surface area (Å²) in [6.45, 7) is 9.49. The number of anilines is 1. The number of ether oxygens (including phenoxy) is 2. The van der Waals surface area contributed by atoms with E-state index < -0.39 is 0 Å². The monoisotopic (exact) mass is 553 g/mol. The van der Waals surface area contributed by atoms with Gasteiger partial charge in [-0.05, 0) is 57.9 Å². The number of halogens is 1. The first kappa shape index (κ1) is 26.0. The Morgan fingerprint density at radius 1 is 1.16 bits per heavy atom.